The molecule has 2 N–H and O–H groups in total. The Morgan fingerprint density at radius 1 is 1.40 bits per heavy atom. The van der Waals surface area contributed by atoms with Crippen LogP contribution in [0.1, 0.15) is 11.3 Å². The number of halogens is 2. The molecule has 2 aromatic heterocycles. The minimum Gasteiger partial charge on any atom is -0.364 e. The van der Waals surface area contributed by atoms with Gasteiger partial charge < -0.3 is 19.7 Å². The maximum atomic E-state index is 13.2. The van der Waals surface area contributed by atoms with Crippen LogP contribution in [0, 0.1) is 5.82 Å². The molecule has 3 aromatic rings. The van der Waals surface area contributed by atoms with Crippen LogP contribution in [-0.2, 0) is 13.0 Å². The predicted molar refractivity (Wildman–Crippen MR) is 107 cm³/mol. The van der Waals surface area contributed by atoms with Crippen LogP contribution < -0.4 is 5.32 Å². The summed E-state index contributed by atoms with van der Waals surface area (Å²) in [4.78, 5) is 9.36. The van der Waals surface area contributed by atoms with Crippen LogP contribution in [0.3, 0.4) is 0 Å². The Morgan fingerprint density at radius 2 is 2.24 bits per heavy atom. The molecule has 0 atom stereocenters. The molecule has 0 aliphatic rings. The van der Waals surface area contributed by atoms with Gasteiger partial charge in [-0.15, -0.1) is 24.0 Å². The Hall–Kier alpha value is -2.10. The molecule has 6 nitrogen and oxygen atoms in total. The Labute approximate surface area is 162 Å². The first-order valence-electron chi connectivity index (χ1n) is 7.74. The van der Waals surface area contributed by atoms with Crippen LogP contribution in [0.15, 0.2) is 46.2 Å². The van der Waals surface area contributed by atoms with Gasteiger partial charge in [0.25, 0.3) is 0 Å². The number of H-pyrrole nitrogens is 1. The van der Waals surface area contributed by atoms with Crippen LogP contribution in [0.2, 0.25) is 0 Å². The fourth-order valence-corrected chi connectivity index (χ4v) is 2.70. The van der Waals surface area contributed by atoms with Crippen molar-refractivity contribution in [3.05, 3.63) is 53.8 Å². The number of aromatic nitrogens is 2. The summed E-state index contributed by atoms with van der Waals surface area (Å²) in [6, 6.07) is 6.63. The fraction of sp³-hybridized carbons (Fsp3) is 0.294. The van der Waals surface area contributed by atoms with E-state index in [2.05, 4.69) is 20.4 Å². The molecule has 0 spiro atoms. The van der Waals surface area contributed by atoms with Crippen molar-refractivity contribution in [2.45, 2.75) is 13.0 Å². The monoisotopic (exact) mass is 457 g/mol. The van der Waals surface area contributed by atoms with Gasteiger partial charge in [0.15, 0.2) is 5.96 Å². The smallest absolute Gasteiger partial charge is 0.193 e. The van der Waals surface area contributed by atoms with E-state index in [1.807, 2.05) is 30.3 Å². The van der Waals surface area contributed by atoms with Gasteiger partial charge in [0.2, 0.25) is 0 Å². The average molecular weight is 457 g/mol. The first-order valence-corrected chi connectivity index (χ1v) is 7.74. The van der Waals surface area contributed by atoms with E-state index in [4.69, 9.17) is 4.52 Å². The number of rotatable bonds is 5. The van der Waals surface area contributed by atoms with Gasteiger partial charge in [-0.05, 0) is 30.2 Å². The second-order valence-electron chi connectivity index (χ2n) is 5.57. The number of fused-ring (bicyclic) bond motifs is 1. The van der Waals surface area contributed by atoms with Crippen molar-refractivity contribution in [2.24, 2.45) is 4.99 Å². The lowest BCUT2D eigenvalue weighted by Crippen LogP contribution is -2.39. The summed E-state index contributed by atoms with van der Waals surface area (Å²) >= 11 is 0. The summed E-state index contributed by atoms with van der Waals surface area (Å²) in [5.41, 5.74) is 2.81. The average Bonchev–Trinajstić information content (AvgIpc) is 3.21. The second-order valence-corrected chi connectivity index (χ2v) is 5.57. The quantitative estimate of drug-likeness (QED) is 0.351. The van der Waals surface area contributed by atoms with E-state index in [0.29, 0.717) is 6.54 Å². The third-order valence-electron chi connectivity index (χ3n) is 3.87. The molecule has 25 heavy (non-hydrogen) atoms. The molecule has 0 aliphatic carbocycles. The Kier molecular flexibility index (Phi) is 6.80. The van der Waals surface area contributed by atoms with Crippen LogP contribution in [0.4, 0.5) is 4.39 Å². The number of benzene rings is 1. The zero-order valence-electron chi connectivity index (χ0n) is 14.1. The highest BCUT2D eigenvalue weighted by molar-refractivity contribution is 14.0. The number of guanidine groups is 1. The maximum absolute atomic E-state index is 13.2. The van der Waals surface area contributed by atoms with E-state index in [9.17, 15) is 4.39 Å². The molecular weight excluding hydrogens is 436 g/mol. The topological polar surface area (TPSA) is 69.5 Å². The van der Waals surface area contributed by atoms with Crippen LogP contribution in [-0.4, -0.2) is 41.6 Å². The standard InChI is InChI=1S/C17H20FN5O.HI/c1-19-17(23(2)11-14-6-8-24-22-14)20-7-5-12-10-21-16-9-13(18)3-4-15(12)16;/h3-4,6,8-10,21H,5,7,11H2,1-2H3,(H,19,20);1H. The molecule has 0 radical (unpaired) electrons. The molecule has 0 bridgehead atoms. The summed E-state index contributed by atoms with van der Waals surface area (Å²) in [5, 5.41) is 8.27. The summed E-state index contributed by atoms with van der Waals surface area (Å²) < 4.78 is 18.1. The zero-order chi connectivity index (χ0) is 16.9. The van der Waals surface area contributed by atoms with Gasteiger partial charge in [-0.1, -0.05) is 5.16 Å². The van der Waals surface area contributed by atoms with Crippen molar-refractivity contribution in [1.29, 1.82) is 0 Å². The van der Waals surface area contributed by atoms with E-state index in [0.717, 1.165) is 41.1 Å². The van der Waals surface area contributed by atoms with Crippen molar-refractivity contribution in [2.75, 3.05) is 20.6 Å². The molecule has 0 saturated heterocycles. The van der Waals surface area contributed by atoms with Crippen molar-refractivity contribution < 1.29 is 8.91 Å². The maximum Gasteiger partial charge on any atom is 0.193 e. The molecule has 1 aromatic carbocycles. The Bertz CT molecular complexity index is 831. The lowest BCUT2D eigenvalue weighted by molar-refractivity contribution is 0.391. The largest absolute Gasteiger partial charge is 0.364 e. The number of hydrogen-bond acceptors (Lipinski definition) is 3. The molecule has 2 heterocycles. The molecule has 0 fully saturated rings. The number of nitrogens with zero attached hydrogens (tertiary/aromatic N) is 3. The van der Waals surface area contributed by atoms with Crippen LogP contribution in [0.5, 0.6) is 0 Å². The van der Waals surface area contributed by atoms with Gasteiger partial charge in [0.1, 0.15) is 17.8 Å². The van der Waals surface area contributed by atoms with E-state index < -0.39 is 0 Å². The van der Waals surface area contributed by atoms with Gasteiger partial charge in [-0.2, -0.15) is 0 Å². The highest BCUT2D eigenvalue weighted by atomic mass is 127. The molecular formula is C17H21FIN5O. The Morgan fingerprint density at radius 3 is 2.96 bits per heavy atom. The molecule has 134 valence electrons. The minimum absolute atomic E-state index is 0. The number of hydrogen-bond donors (Lipinski definition) is 2. The van der Waals surface area contributed by atoms with Crippen LogP contribution in [0.25, 0.3) is 10.9 Å². The third kappa shape index (κ3) is 4.71. The number of nitrogens with one attached hydrogen (secondary N) is 2. The van der Waals surface area contributed by atoms with Crippen LogP contribution >= 0.6 is 24.0 Å². The van der Waals surface area contributed by atoms with Gasteiger partial charge in [0, 0.05) is 43.8 Å². The van der Waals surface area contributed by atoms with Crippen molar-refractivity contribution in [1.82, 2.24) is 20.4 Å². The first kappa shape index (κ1) is 19.2. The fourth-order valence-electron chi connectivity index (χ4n) is 2.70. The highest BCUT2D eigenvalue weighted by Crippen LogP contribution is 2.19. The summed E-state index contributed by atoms with van der Waals surface area (Å²) in [7, 11) is 3.69. The molecule has 3 rings (SSSR count). The predicted octanol–water partition coefficient (Wildman–Crippen LogP) is 3.16. The summed E-state index contributed by atoms with van der Waals surface area (Å²) in [5.74, 6) is 0.549. The SMILES string of the molecule is CN=C(NCCc1c[nH]c2cc(F)ccc12)N(C)Cc1ccon1.I. The Balaban J connectivity index is 0.00000225. The van der Waals surface area contributed by atoms with Gasteiger partial charge in [-0.3, -0.25) is 4.99 Å². The molecule has 0 unspecified atom stereocenters. The molecule has 0 aliphatic heterocycles. The molecule has 8 heteroatoms. The van der Waals surface area contributed by atoms with Gasteiger partial charge in [-0.25, -0.2) is 4.39 Å². The summed E-state index contributed by atoms with van der Waals surface area (Å²) in [6.07, 6.45) is 4.29. The van der Waals surface area contributed by atoms with Crippen molar-refractivity contribution in [3.63, 3.8) is 0 Å². The van der Waals surface area contributed by atoms with E-state index in [1.54, 1.807) is 13.3 Å². The van der Waals surface area contributed by atoms with Gasteiger partial charge in [0.05, 0.1) is 6.54 Å². The summed E-state index contributed by atoms with van der Waals surface area (Å²) in [6.45, 7) is 1.34. The van der Waals surface area contributed by atoms with Crippen molar-refractivity contribution >= 4 is 40.8 Å². The van der Waals surface area contributed by atoms with E-state index in [1.165, 1.54) is 12.1 Å². The lowest BCUT2D eigenvalue weighted by Gasteiger charge is -2.20. The minimum atomic E-state index is -0.232. The lowest BCUT2D eigenvalue weighted by atomic mass is 10.1. The molecule has 0 amide bonds. The second kappa shape index (κ2) is 8.84. The zero-order valence-corrected chi connectivity index (χ0v) is 16.5. The normalized spacial score (nSPS) is 11.4. The van der Waals surface area contributed by atoms with E-state index in [-0.39, 0.29) is 29.8 Å². The van der Waals surface area contributed by atoms with Gasteiger partial charge >= 0.3 is 0 Å². The third-order valence-corrected chi connectivity index (χ3v) is 3.87. The number of aliphatic imine (C=N–C) groups is 1. The first-order chi connectivity index (χ1) is 11.7. The molecule has 0 saturated carbocycles. The number of aromatic amines is 1. The van der Waals surface area contributed by atoms with Crippen molar-refractivity contribution in [3.8, 4) is 0 Å². The van der Waals surface area contributed by atoms with E-state index >= 15 is 0 Å². The highest BCUT2D eigenvalue weighted by Gasteiger charge is 2.09.